The molecule has 0 aromatic carbocycles. The summed E-state index contributed by atoms with van der Waals surface area (Å²) >= 11 is 0.733. The lowest BCUT2D eigenvalue weighted by molar-refractivity contribution is -0.380. The lowest BCUT2D eigenvalue weighted by atomic mass is 10.2. The molecule has 1 heterocycles. The normalized spacial score (nSPS) is 14.4. The van der Waals surface area contributed by atoms with Gasteiger partial charge in [-0.1, -0.05) is 11.3 Å². The Morgan fingerprint density at radius 2 is 2.21 bits per heavy atom. The van der Waals surface area contributed by atoms with Crippen LogP contribution in [0.25, 0.3) is 0 Å². The maximum Gasteiger partial charge on any atom is 0.324 e. The zero-order valence-corrected chi connectivity index (χ0v) is 7.64. The van der Waals surface area contributed by atoms with E-state index in [9.17, 15) is 15.2 Å². The molecule has 2 unspecified atom stereocenters. The van der Waals surface area contributed by atoms with Crippen molar-refractivity contribution in [2.24, 2.45) is 0 Å². The van der Waals surface area contributed by atoms with E-state index in [2.05, 4.69) is 0 Å². The maximum atomic E-state index is 10.3. The minimum atomic E-state index is -1.56. The van der Waals surface area contributed by atoms with Crippen molar-refractivity contribution in [3.63, 3.8) is 0 Å². The molecule has 0 amide bonds. The second-order valence-electron chi connectivity index (χ2n) is 2.45. The summed E-state index contributed by atoms with van der Waals surface area (Å²) in [6, 6.07) is 3.97. The average Bonchev–Trinajstić information content (AvgIpc) is 2.64. The second-order valence-corrected chi connectivity index (χ2v) is 3.55. The van der Waals surface area contributed by atoms with Gasteiger partial charge < -0.3 is 10.2 Å². The van der Waals surface area contributed by atoms with Gasteiger partial charge in [0.25, 0.3) is 0 Å². The molecule has 0 aliphatic rings. The highest BCUT2D eigenvalue weighted by atomic mass is 32.1. The van der Waals surface area contributed by atoms with Crippen LogP contribution in [0.1, 0.15) is 11.0 Å². The molecule has 2 N–H and O–H groups in total. The third-order valence-corrected chi connectivity index (χ3v) is 2.62. The van der Waals surface area contributed by atoms with Gasteiger partial charge in [0, 0.05) is 10.9 Å². The first-order valence-electron chi connectivity index (χ1n) is 3.56. The van der Waals surface area contributed by atoms with Gasteiger partial charge in [0.15, 0.2) is 6.10 Å². The molecule has 6 nitrogen and oxygen atoms in total. The number of aliphatic hydroxyl groups excluding tert-OH is 2. The van der Waals surface area contributed by atoms with Gasteiger partial charge in [0.1, 0.15) is 6.10 Å². The summed E-state index contributed by atoms with van der Waals surface area (Å²) in [6.07, 6.45) is -2.95. The van der Waals surface area contributed by atoms with Crippen LogP contribution in [0.4, 0.5) is 5.00 Å². The summed E-state index contributed by atoms with van der Waals surface area (Å²) < 4.78 is 0. The van der Waals surface area contributed by atoms with Gasteiger partial charge in [-0.05, 0) is 6.07 Å². The smallest absolute Gasteiger partial charge is 0.324 e. The monoisotopic (exact) mass is 214 g/mol. The van der Waals surface area contributed by atoms with Crippen LogP contribution in [-0.4, -0.2) is 21.2 Å². The number of rotatable bonds is 3. The van der Waals surface area contributed by atoms with Gasteiger partial charge in [-0.15, -0.1) is 0 Å². The van der Waals surface area contributed by atoms with E-state index in [4.69, 9.17) is 10.4 Å². The van der Waals surface area contributed by atoms with Gasteiger partial charge in [0.05, 0.1) is 11.0 Å². The zero-order valence-electron chi connectivity index (χ0n) is 6.82. The molecule has 0 bridgehead atoms. The molecule has 2 atom stereocenters. The fourth-order valence-corrected chi connectivity index (χ4v) is 1.66. The van der Waals surface area contributed by atoms with E-state index in [1.54, 1.807) is 0 Å². The fraction of sp³-hybridized carbons (Fsp3) is 0.286. The number of hydrogen-bond donors (Lipinski definition) is 2. The lowest BCUT2D eigenvalue weighted by Gasteiger charge is -2.07. The molecule has 14 heavy (non-hydrogen) atoms. The predicted molar refractivity (Wildman–Crippen MR) is 47.6 cm³/mol. The second kappa shape index (κ2) is 4.15. The van der Waals surface area contributed by atoms with Crippen molar-refractivity contribution in [1.29, 1.82) is 5.26 Å². The van der Waals surface area contributed by atoms with Crippen LogP contribution in [0, 0.1) is 21.4 Å². The number of nitrogens with zero attached hydrogens (tertiary/aromatic N) is 2. The Kier molecular flexibility index (Phi) is 3.14. The van der Waals surface area contributed by atoms with Gasteiger partial charge in [-0.2, -0.15) is 5.26 Å². The summed E-state index contributed by atoms with van der Waals surface area (Å²) in [7, 11) is 0. The molecule has 0 radical (unpaired) electrons. The van der Waals surface area contributed by atoms with Crippen molar-refractivity contribution in [2.75, 3.05) is 0 Å². The Morgan fingerprint density at radius 3 is 2.64 bits per heavy atom. The molecule has 1 rings (SSSR count). The van der Waals surface area contributed by atoms with Crippen LogP contribution in [0.15, 0.2) is 12.1 Å². The summed E-state index contributed by atoms with van der Waals surface area (Å²) in [4.78, 5) is 9.89. The number of hydrogen-bond acceptors (Lipinski definition) is 6. The first kappa shape index (κ1) is 10.6. The average molecular weight is 214 g/mol. The van der Waals surface area contributed by atoms with Crippen LogP contribution in [0.2, 0.25) is 0 Å². The standard InChI is InChI=1S/C7H6N2O4S/c8-3-4(10)7(11)5-1-2-6(14-5)9(12)13/h1-2,4,7,10-11H. The first-order chi connectivity index (χ1) is 6.56. The zero-order chi connectivity index (χ0) is 10.7. The van der Waals surface area contributed by atoms with Gasteiger partial charge >= 0.3 is 5.00 Å². The Hall–Kier alpha value is -1.49. The van der Waals surface area contributed by atoms with Crippen LogP contribution < -0.4 is 0 Å². The minimum Gasteiger partial charge on any atom is -0.384 e. The predicted octanol–water partition coefficient (Wildman–Crippen LogP) is 0.574. The van der Waals surface area contributed by atoms with Crippen molar-refractivity contribution in [3.05, 3.63) is 27.1 Å². The number of nitro groups is 1. The van der Waals surface area contributed by atoms with E-state index >= 15 is 0 Å². The van der Waals surface area contributed by atoms with E-state index in [1.807, 2.05) is 0 Å². The quantitative estimate of drug-likeness (QED) is 0.434. The highest BCUT2D eigenvalue weighted by Crippen LogP contribution is 2.30. The molecule has 0 saturated heterocycles. The molecule has 0 aliphatic heterocycles. The SMILES string of the molecule is N#CC(O)C(O)c1ccc([N+](=O)[O-])s1. The largest absolute Gasteiger partial charge is 0.384 e. The maximum absolute atomic E-state index is 10.3. The first-order valence-corrected chi connectivity index (χ1v) is 4.37. The molecule has 1 aromatic heterocycles. The lowest BCUT2D eigenvalue weighted by Crippen LogP contribution is -2.14. The van der Waals surface area contributed by atoms with Gasteiger partial charge in [-0.3, -0.25) is 10.1 Å². The van der Waals surface area contributed by atoms with E-state index in [0.29, 0.717) is 0 Å². The van der Waals surface area contributed by atoms with Crippen LogP contribution in [-0.2, 0) is 0 Å². The third kappa shape index (κ3) is 2.05. The minimum absolute atomic E-state index is 0.135. The molecule has 74 valence electrons. The highest BCUT2D eigenvalue weighted by Gasteiger charge is 2.22. The summed E-state index contributed by atoms with van der Waals surface area (Å²) in [5.41, 5.74) is 0. The highest BCUT2D eigenvalue weighted by molar-refractivity contribution is 7.15. The van der Waals surface area contributed by atoms with Crippen molar-refractivity contribution in [1.82, 2.24) is 0 Å². The molecule has 0 saturated carbocycles. The van der Waals surface area contributed by atoms with E-state index in [1.165, 1.54) is 18.2 Å². The van der Waals surface area contributed by atoms with Crippen molar-refractivity contribution >= 4 is 16.3 Å². The van der Waals surface area contributed by atoms with Gasteiger partial charge in [-0.25, -0.2) is 0 Å². The molecular formula is C7H6N2O4S. The number of nitriles is 1. The molecule has 7 heteroatoms. The Bertz CT molecular complexity index is 383. The third-order valence-electron chi connectivity index (χ3n) is 1.52. The summed E-state index contributed by atoms with van der Waals surface area (Å²) in [6.45, 7) is 0. The molecule has 0 spiro atoms. The molecule has 0 fully saturated rings. The van der Waals surface area contributed by atoms with Crippen molar-refractivity contribution in [3.8, 4) is 6.07 Å². The van der Waals surface area contributed by atoms with Gasteiger partial charge in [0.2, 0.25) is 0 Å². The Balaban J connectivity index is 2.87. The number of thiophene rings is 1. The van der Waals surface area contributed by atoms with Crippen molar-refractivity contribution in [2.45, 2.75) is 12.2 Å². The summed E-state index contributed by atoms with van der Waals surface area (Å²) in [5.74, 6) is 0. The molecule has 1 aromatic rings. The van der Waals surface area contributed by atoms with Crippen LogP contribution >= 0.6 is 11.3 Å². The van der Waals surface area contributed by atoms with E-state index in [-0.39, 0.29) is 9.88 Å². The fourth-order valence-electron chi connectivity index (χ4n) is 0.825. The van der Waals surface area contributed by atoms with Crippen molar-refractivity contribution < 1.29 is 15.1 Å². The topological polar surface area (TPSA) is 107 Å². The van der Waals surface area contributed by atoms with E-state index < -0.39 is 17.1 Å². The molecular weight excluding hydrogens is 208 g/mol. The van der Waals surface area contributed by atoms with Crippen LogP contribution in [0.3, 0.4) is 0 Å². The Morgan fingerprint density at radius 1 is 1.57 bits per heavy atom. The van der Waals surface area contributed by atoms with Crippen LogP contribution in [0.5, 0.6) is 0 Å². The Labute approximate surface area is 82.8 Å². The molecule has 0 aliphatic carbocycles. The summed E-state index contributed by atoms with van der Waals surface area (Å²) in [5, 5.41) is 36.7. The number of aliphatic hydroxyl groups is 2. The van der Waals surface area contributed by atoms with E-state index in [0.717, 1.165) is 11.3 Å².